The predicted octanol–water partition coefficient (Wildman–Crippen LogP) is 1.31. The second kappa shape index (κ2) is 4.18. The molecule has 2 amide bonds. The number of terminal acetylenes is 1. The van der Waals surface area contributed by atoms with E-state index in [1.165, 1.54) is 16.2 Å². The first-order valence-electron chi connectivity index (χ1n) is 5.09. The first-order valence-corrected chi connectivity index (χ1v) is 5.97. The molecule has 0 saturated heterocycles. The zero-order valence-corrected chi connectivity index (χ0v) is 10.4. The van der Waals surface area contributed by atoms with Gasteiger partial charge in [0.25, 0.3) is 0 Å². The van der Waals surface area contributed by atoms with Crippen LogP contribution in [0.15, 0.2) is 10.4 Å². The molecule has 1 aromatic rings. The molecule has 1 aliphatic rings. The number of rotatable bonds is 2. The van der Waals surface area contributed by atoms with Crippen LogP contribution in [-0.2, 0) is 0 Å². The summed E-state index contributed by atoms with van der Waals surface area (Å²) in [6, 6.07) is -1.19. The Bertz CT molecular complexity index is 528. The topological polar surface area (TPSA) is 71.6 Å². The number of urea groups is 1. The van der Waals surface area contributed by atoms with E-state index in [4.69, 9.17) is 12.2 Å². The molecule has 2 unspecified atom stereocenters. The van der Waals surface area contributed by atoms with Crippen molar-refractivity contribution in [3.8, 4) is 12.3 Å². The van der Waals surface area contributed by atoms with E-state index in [-0.39, 0.29) is 11.9 Å². The lowest BCUT2D eigenvalue weighted by Gasteiger charge is -2.25. The van der Waals surface area contributed by atoms with Crippen LogP contribution in [0.3, 0.4) is 0 Å². The normalized spacial score (nSPS) is 21.2. The molecule has 1 aromatic heterocycles. The number of carbonyl (C=O) groups is 1. The lowest BCUT2D eigenvalue weighted by Crippen LogP contribution is -2.39. The molecule has 0 fully saturated rings. The summed E-state index contributed by atoms with van der Waals surface area (Å²) in [6.07, 6.45) is 5.35. The number of aliphatic imine (C=N–C) groups is 1. The second-order valence-corrected chi connectivity index (χ2v) is 4.83. The monoisotopic (exact) mass is 248 g/mol. The number of aromatic nitrogens is 1. The van der Waals surface area contributed by atoms with Gasteiger partial charge in [-0.2, -0.15) is 4.99 Å². The van der Waals surface area contributed by atoms with Crippen molar-refractivity contribution in [3.05, 3.63) is 16.1 Å². The molecule has 0 radical (unpaired) electrons. The molecule has 6 heteroatoms. The highest BCUT2D eigenvalue weighted by atomic mass is 32.1. The van der Waals surface area contributed by atoms with Crippen LogP contribution in [-0.4, -0.2) is 27.8 Å². The van der Waals surface area contributed by atoms with Gasteiger partial charge in [-0.05, 0) is 13.8 Å². The summed E-state index contributed by atoms with van der Waals surface area (Å²) in [5.74, 6) is 2.77. The SMILES string of the molecule is C#CC(C)N1C(=O)N=C(N)C1c1csc(C)n1. The van der Waals surface area contributed by atoms with Gasteiger partial charge in [-0.15, -0.1) is 17.8 Å². The van der Waals surface area contributed by atoms with E-state index >= 15 is 0 Å². The smallest absolute Gasteiger partial charge is 0.347 e. The van der Waals surface area contributed by atoms with Crippen molar-refractivity contribution >= 4 is 23.2 Å². The van der Waals surface area contributed by atoms with Gasteiger partial charge in [-0.3, -0.25) is 4.90 Å². The van der Waals surface area contributed by atoms with Crippen LogP contribution in [0.5, 0.6) is 0 Å². The minimum Gasteiger partial charge on any atom is -0.385 e. The highest BCUT2D eigenvalue weighted by Gasteiger charge is 2.38. The van der Waals surface area contributed by atoms with Crippen molar-refractivity contribution < 1.29 is 4.79 Å². The highest BCUT2D eigenvalue weighted by molar-refractivity contribution is 7.09. The number of aryl methyl sites for hydroxylation is 1. The van der Waals surface area contributed by atoms with Crippen LogP contribution in [0.25, 0.3) is 0 Å². The Morgan fingerprint density at radius 2 is 2.41 bits per heavy atom. The summed E-state index contributed by atoms with van der Waals surface area (Å²) in [5.41, 5.74) is 6.50. The van der Waals surface area contributed by atoms with Gasteiger partial charge in [0.1, 0.15) is 11.9 Å². The van der Waals surface area contributed by atoms with Crippen molar-refractivity contribution in [2.24, 2.45) is 10.7 Å². The van der Waals surface area contributed by atoms with Gasteiger partial charge in [-0.1, -0.05) is 5.92 Å². The summed E-state index contributed by atoms with van der Waals surface area (Å²) in [4.78, 5) is 21.3. The summed E-state index contributed by atoms with van der Waals surface area (Å²) in [7, 11) is 0. The Hall–Kier alpha value is -1.87. The molecular formula is C11H12N4OS. The van der Waals surface area contributed by atoms with E-state index in [2.05, 4.69) is 15.9 Å². The van der Waals surface area contributed by atoms with E-state index < -0.39 is 12.1 Å². The number of thiazole rings is 1. The fourth-order valence-electron chi connectivity index (χ4n) is 1.75. The number of hydrogen-bond donors (Lipinski definition) is 1. The molecule has 0 aromatic carbocycles. The third-order valence-corrected chi connectivity index (χ3v) is 3.37. The summed E-state index contributed by atoms with van der Waals surface area (Å²) >= 11 is 1.50. The summed E-state index contributed by atoms with van der Waals surface area (Å²) in [6.45, 7) is 3.66. The number of hydrogen-bond acceptors (Lipinski definition) is 4. The van der Waals surface area contributed by atoms with E-state index in [1.807, 2.05) is 12.3 Å². The lowest BCUT2D eigenvalue weighted by molar-refractivity contribution is 0.198. The third kappa shape index (κ3) is 1.89. The minimum absolute atomic E-state index is 0.252. The molecule has 0 bridgehead atoms. The second-order valence-electron chi connectivity index (χ2n) is 3.76. The molecule has 2 N–H and O–H groups in total. The highest BCUT2D eigenvalue weighted by Crippen LogP contribution is 2.29. The Morgan fingerprint density at radius 1 is 1.71 bits per heavy atom. The van der Waals surface area contributed by atoms with Gasteiger partial charge in [-0.25, -0.2) is 9.78 Å². The predicted molar refractivity (Wildman–Crippen MR) is 66.7 cm³/mol. The van der Waals surface area contributed by atoms with Crippen LogP contribution in [0.4, 0.5) is 4.79 Å². The van der Waals surface area contributed by atoms with E-state index in [9.17, 15) is 4.79 Å². The Balaban J connectivity index is 2.40. The quantitative estimate of drug-likeness (QED) is 0.802. The number of amidine groups is 1. The molecule has 2 heterocycles. The molecule has 0 aliphatic carbocycles. The maximum Gasteiger partial charge on any atom is 0.347 e. The molecule has 5 nitrogen and oxygen atoms in total. The molecule has 1 aliphatic heterocycles. The summed E-state index contributed by atoms with van der Waals surface area (Å²) < 4.78 is 0. The average Bonchev–Trinajstić information content (AvgIpc) is 2.81. The van der Waals surface area contributed by atoms with Crippen molar-refractivity contribution in [2.75, 3.05) is 0 Å². The van der Waals surface area contributed by atoms with Crippen LogP contribution in [0.2, 0.25) is 0 Å². The van der Waals surface area contributed by atoms with Crippen molar-refractivity contribution in [2.45, 2.75) is 25.9 Å². The molecule has 0 saturated carbocycles. The largest absolute Gasteiger partial charge is 0.385 e. The number of amides is 2. The van der Waals surface area contributed by atoms with Crippen molar-refractivity contribution in [1.29, 1.82) is 0 Å². The van der Waals surface area contributed by atoms with Gasteiger partial charge in [0.2, 0.25) is 0 Å². The lowest BCUT2D eigenvalue weighted by atomic mass is 10.1. The fourth-order valence-corrected chi connectivity index (χ4v) is 2.38. The first kappa shape index (κ1) is 11.6. The van der Waals surface area contributed by atoms with Gasteiger partial charge in [0.05, 0.1) is 16.7 Å². The van der Waals surface area contributed by atoms with E-state index in [0.29, 0.717) is 0 Å². The Morgan fingerprint density at radius 3 is 2.94 bits per heavy atom. The van der Waals surface area contributed by atoms with Gasteiger partial charge < -0.3 is 5.73 Å². The fraction of sp³-hybridized carbons (Fsp3) is 0.364. The van der Waals surface area contributed by atoms with Crippen LogP contribution >= 0.6 is 11.3 Å². The molecule has 17 heavy (non-hydrogen) atoms. The molecule has 2 rings (SSSR count). The van der Waals surface area contributed by atoms with Crippen LogP contribution in [0, 0.1) is 19.3 Å². The standard InChI is InChI=1S/C11H12N4OS/c1-4-6(2)15-9(10(12)14-11(15)16)8-5-17-7(3)13-8/h1,5-6,9H,2-3H3,(H2,12,14,16). The Labute approximate surface area is 103 Å². The number of nitrogens with zero attached hydrogens (tertiary/aromatic N) is 3. The molecule has 0 spiro atoms. The molecule has 88 valence electrons. The number of nitrogens with two attached hydrogens (primary N) is 1. The number of carbonyl (C=O) groups excluding carboxylic acids is 1. The zero-order chi connectivity index (χ0) is 12.6. The molecule has 2 atom stereocenters. The summed E-state index contributed by atoms with van der Waals surface area (Å²) in [5, 5.41) is 2.79. The average molecular weight is 248 g/mol. The van der Waals surface area contributed by atoms with Gasteiger partial charge >= 0.3 is 6.03 Å². The first-order chi connectivity index (χ1) is 8.04. The van der Waals surface area contributed by atoms with E-state index in [0.717, 1.165) is 10.7 Å². The van der Waals surface area contributed by atoms with Gasteiger partial charge in [0, 0.05) is 5.38 Å². The van der Waals surface area contributed by atoms with Crippen LogP contribution < -0.4 is 5.73 Å². The zero-order valence-electron chi connectivity index (χ0n) is 9.54. The third-order valence-electron chi connectivity index (χ3n) is 2.58. The maximum absolute atomic E-state index is 11.7. The van der Waals surface area contributed by atoms with E-state index in [1.54, 1.807) is 6.92 Å². The maximum atomic E-state index is 11.7. The van der Waals surface area contributed by atoms with Crippen molar-refractivity contribution in [3.63, 3.8) is 0 Å². The Kier molecular flexibility index (Phi) is 2.86. The van der Waals surface area contributed by atoms with Gasteiger partial charge in [0.15, 0.2) is 0 Å². The minimum atomic E-state index is -0.432. The van der Waals surface area contributed by atoms with Crippen LogP contribution in [0.1, 0.15) is 23.7 Å². The van der Waals surface area contributed by atoms with Crippen molar-refractivity contribution in [1.82, 2.24) is 9.88 Å². The molecular weight excluding hydrogens is 236 g/mol.